The van der Waals surface area contributed by atoms with E-state index < -0.39 is 5.97 Å². The summed E-state index contributed by atoms with van der Waals surface area (Å²) < 4.78 is 0. The molecule has 0 aromatic rings. The van der Waals surface area contributed by atoms with E-state index in [1.54, 1.807) is 0 Å². The van der Waals surface area contributed by atoms with E-state index in [1.807, 2.05) is 0 Å². The third kappa shape index (κ3) is 1.04. The van der Waals surface area contributed by atoms with Gasteiger partial charge in [-0.25, -0.2) is 0 Å². The maximum atomic E-state index is 11.0. The Labute approximate surface area is 79.3 Å². The highest BCUT2D eigenvalue weighted by molar-refractivity contribution is 5.76. The average Bonchev–Trinajstić information content (AvgIpc) is 2.56. The monoisotopic (exact) mass is 182 g/mol. The molecule has 2 nitrogen and oxygen atoms in total. The molecule has 2 heteroatoms. The van der Waals surface area contributed by atoms with E-state index in [2.05, 4.69) is 20.8 Å². The van der Waals surface area contributed by atoms with Gasteiger partial charge < -0.3 is 5.11 Å². The van der Waals surface area contributed by atoms with Crippen molar-refractivity contribution in [1.82, 2.24) is 0 Å². The standard InChI is InChI=1S/C11H18O2/c1-10(2)5-4-6-11(3)7(8(10)11)9(12)13/h7-8H,4-6H2,1-3H3,(H,12,13)/t7-,8-,11-/m0/s1. The van der Waals surface area contributed by atoms with E-state index in [0.717, 1.165) is 6.42 Å². The van der Waals surface area contributed by atoms with Crippen molar-refractivity contribution >= 4 is 5.97 Å². The minimum atomic E-state index is -0.581. The third-order valence-electron chi connectivity index (χ3n) is 4.29. The summed E-state index contributed by atoms with van der Waals surface area (Å²) in [7, 11) is 0. The Morgan fingerprint density at radius 1 is 1.31 bits per heavy atom. The molecule has 3 atom stereocenters. The SMILES string of the molecule is CC1(C)CCC[C@@]2(C)[C@H](C(=O)O)[C@@H]12. The Balaban J connectivity index is 2.26. The van der Waals surface area contributed by atoms with Crippen LogP contribution in [0.25, 0.3) is 0 Å². The largest absolute Gasteiger partial charge is 0.481 e. The van der Waals surface area contributed by atoms with E-state index in [1.165, 1.54) is 12.8 Å². The molecule has 13 heavy (non-hydrogen) atoms. The van der Waals surface area contributed by atoms with Crippen LogP contribution >= 0.6 is 0 Å². The Morgan fingerprint density at radius 2 is 1.92 bits per heavy atom. The summed E-state index contributed by atoms with van der Waals surface area (Å²) >= 11 is 0. The molecule has 2 saturated carbocycles. The van der Waals surface area contributed by atoms with E-state index in [4.69, 9.17) is 5.11 Å². The van der Waals surface area contributed by atoms with Gasteiger partial charge in [0, 0.05) is 0 Å². The molecule has 1 N–H and O–H groups in total. The van der Waals surface area contributed by atoms with E-state index >= 15 is 0 Å². The van der Waals surface area contributed by atoms with Gasteiger partial charge in [0.15, 0.2) is 0 Å². The first-order chi connectivity index (χ1) is 5.89. The number of rotatable bonds is 1. The van der Waals surface area contributed by atoms with Gasteiger partial charge >= 0.3 is 5.97 Å². The van der Waals surface area contributed by atoms with Gasteiger partial charge in [0.1, 0.15) is 0 Å². The second kappa shape index (κ2) is 2.28. The van der Waals surface area contributed by atoms with E-state index in [-0.39, 0.29) is 16.7 Å². The molecule has 2 aliphatic rings. The van der Waals surface area contributed by atoms with Crippen molar-refractivity contribution in [1.29, 1.82) is 0 Å². The molecule has 0 aliphatic heterocycles. The number of hydrogen-bond acceptors (Lipinski definition) is 1. The van der Waals surface area contributed by atoms with Gasteiger partial charge in [0.2, 0.25) is 0 Å². The van der Waals surface area contributed by atoms with Gasteiger partial charge in [0.05, 0.1) is 5.92 Å². The van der Waals surface area contributed by atoms with Gasteiger partial charge in [-0.3, -0.25) is 4.79 Å². The molecule has 74 valence electrons. The second-order valence-electron chi connectivity index (χ2n) is 5.64. The Morgan fingerprint density at radius 3 is 2.38 bits per heavy atom. The van der Waals surface area contributed by atoms with Crippen LogP contribution < -0.4 is 0 Å². The minimum absolute atomic E-state index is 0.0648. The molecule has 0 aromatic heterocycles. The average molecular weight is 182 g/mol. The highest BCUT2D eigenvalue weighted by atomic mass is 16.4. The molecular formula is C11H18O2. The zero-order valence-electron chi connectivity index (χ0n) is 8.63. The van der Waals surface area contributed by atoms with E-state index in [9.17, 15) is 4.79 Å². The number of hydrogen-bond donors (Lipinski definition) is 1. The summed E-state index contributed by atoms with van der Waals surface area (Å²) in [5.41, 5.74) is 0.365. The van der Waals surface area contributed by atoms with Gasteiger partial charge in [-0.15, -0.1) is 0 Å². The molecule has 0 heterocycles. The molecule has 2 fully saturated rings. The molecule has 0 saturated heterocycles. The number of fused-ring (bicyclic) bond motifs is 1. The Kier molecular flexibility index (Phi) is 1.59. The van der Waals surface area contributed by atoms with Crippen LogP contribution in [0.1, 0.15) is 40.0 Å². The Hall–Kier alpha value is -0.530. The maximum absolute atomic E-state index is 11.0. The third-order valence-corrected chi connectivity index (χ3v) is 4.29. The minimum Gasteiger partial charge on any atom is -0.481 e. The second-order valence-corrected chi connectivity index (χ2v) is 5.64. The Bertz CT molecular complexity index is 257. The van der Waals surface area contributed by atoms with Crippen LogP contribution in [0.2, 0.25) is 0 Å². The highest BCUT2D eigenvalue weighted by Gasteiger charge is 2.70. The lowest BCUT2D eigenvalue weighted by Crippen LogP contribution is -2.23. The van der Waals surface area contributed by atoms with Crippen LogP contribution in [0.15, 0.2) is 0 Å². The fourth-order valence-electron chi connectivity index (χ4n) is 3.72. The molecule has 0 bridgehead atoms. The summed E-state index contributed by atoms with van der Waals surface area (Å²) in [6.45, 7) is 6.59. The summed E-state index contributed by atoms with van der Waals surface area (Å²) in [5.74, 6) is -0.223. The summed E-state index contributed by atoms with van der Waals surface area (Å²) in [6, 6.07) is 0. The fourth-order valence-corrected chi connectivity index (χ4v) is 3.72. The highest BCUT2D eigenvalue weighted by Crippen LogP contribution is 2.71. The van der Waals surface area contributed by atoms with Gasteiger partial charge in [-0.2, -0.15) is 0 Å². The molecule has 0 unspecified atom stereocenters. The molecule has 0 amide bonds. The van der Waals surface area contributed by atoms with Gasteiger partial charge in [-0.05, 0) is 29.6 Å². The lowest BCUT2D eigenvalue weighted by Gasteiger charge is -2.32. The van der Waals surface area contributed by atoms with Crippen molar-refractivity contribution < 1.29 is 9.90 Å². The van der Waals surface area contributed by atoms with Crippen LogP contribution in [0.4, 0.5) is 0 Å². The first kappa shape index (κ1) is 9.04. The van der Waals surface area contributed by atoms with Crippen LogP contribution in [-0.4, -0.2) is 11.1 Å². The zero-order chi connectivity index (χ0) is 9.85. The van der Waals surface area contributed by atoms with Crippen molar-refractivity contribution in [2.24, 2.45) is 22.7 Å². The lowest BCUT2D eigenvalue weighted by molar-refractivity contribution is -0.139. The molecule has 2 rings (SSSR count). The smallest absolute Gasteiger partial charge is 0.307 e. The predicted molar refractivity (Wildman–Crippen MR) is 50.4 cm³/mol. The normalized spacial score (nSPS) is 46.7. The molecule has 0 radical (unpaired) electrons. The molecule has 2 aliphatic carbocycles. The van der Waals surface area contributed by atoms with Crippen LogP contribution in [0.5, 0.6) is 0 Å². The first-order valence-corrected chi connectivity index (χ1v) is 5.12. The van der Waals surface area contributed by atoms with Crippen molar-refractivity contribution in [2.75, 3.05) is 0 Å². The molecule has 0 aromatic carbocycles. The fraction of sp³-hybridized carbons (Fsp3) is 0.909. The van der Waals surface area contributed by atoms with Crippen LogP contribution in [0.3, 0.4) is 0 Å². The number of carbonyl (C=O) groups is 1. The van der Waals surface area contributed by atoms with Gasteiger partial charge in [-0.1, -0.05) is 27.2 Å². The van der Waals surface area contributed by atoms with Crippen molar-refractivity contribution in [3.8, 4) is 0 Å². The first-order valence-electron chi connectivity index (χ1n) is 5.12. The van der Waals surface area contributed by atoms with Crippen LogP contribution in [-0.2, 0) is 4.79 Å². The van der Waals surface area contributed by atoms with Crippen molar-refractivity contribution in [3.63, 3.8) is 0 Å². The summed E-state index contributed by atoms with van der Waals surface area (Å²) in [6.07, 6.45) is 3.50. The number of aliphatic carboxylic acids is 1. The molecular weight excluding hydrogens is 164 g/mol. The van der Waals surface area contributed by atoms with Gasteiger partial charge in [0.25, 0.3) is 0 Å². The van der Waals surface area contributed by atoms with Crippen molar-refractivity contribution in [3.05, 3.63) is 0 Å². The number of carboxylic acids is 1. The van der Waals surface area contributed by atoms with E-state index in [0.29, 0.717) is 5.92 Å². The maximum Gasteiger partial charge on any atom is 0.307 e. The summed E-state index contributed by atoms with van der Waals surface area (Å²) in [4.78, 5) is 11.0. The number of carboxylic acid groups (broad SMARTS) is 1. The lowest BCUT2D eigenvalue weighted by atomic mass is 9.73. The predicted octanol–water partition coefficient (Wildman–Crippen LogP) is 2.53. The summed E-state index contributed by atoms with van der Waals surface area (Å²) in [5, 5.41) is 9.08. The zero-order valence-corrected chi connectivity index (χ0v) is 8.63. The van der Waals surface area contributed by atoms with Crippen molar-refractivity contribution in [2.45, 2.75) is 40.0 Å². The quantitative estimate of drug-likeness (QED) is 0.676. The molecule has 0 spiro atoms. The van der Waals surface area contributed by atoms with Crippen LogP contribution in [0, 0.1) is 22.7 Å². The topological polar surface area (TPSA) is 37.3 Å².